The summed E-state index contributed by atoms with van der Waals surface area (Å²) < 4.78 is 11.5. The standard InChI is InChI=1S/C36H48Cl2N2O6/c1-23(41)36(15-12-29-27-9-8-25-21-26(42)10-13-34(25,2)28(27)11-14-35(29,36)3)46-32(43)22-45-33(44)30(39)20-24-6-4-5-7-31(24)40(18-16-37)19-17-38/h4-7,21,27-30H,8-20,22,39H2,1-3H3/t27-,28+,29+,30?,34+,35+,36+/m1/s1. The summed E-state index contributed by atoms with van der Waals surface area (Å²) in [6, 6.07) is 6.60. The van der Waals surface area contributed by atoms with Crippen LogP contribution in [0.2, 0.25) is 0 Å². The molecule has 8 nitrogen and oxygen atoms in total. The molecule has 0 amide bonds. The Labute approximate surface area is 282 Å². The molecular weight excluding hydrogens is 627 g/mol. The van der Waals surface area contributed by atoms with Crippen LogP contribution in [0.3, 0.4) is 0 Å². The van der Waals surface area contributed by atoms with Crippen molar-refractivity contribution in [2.75, 3.05) is 36.4 Å². The van der Waals surface area contributed by atoms with E-state index in [1.54, 1.807) is 0 Å². The fourth-order valence-corrected chi connectivity index (χ4v) is 10.1. The van der Waals surface area contributed by atoms with Gasteiger partial charge in [0.05, 0.1) is 0 Å². The number of ether oxygens (including phenoxy) is 2. The second-order valence-electron chi connectivity index (χ2n) is 14.2. The summed E-state index contributed by atoms with van der Waals surface area (Å²) in [6.45, 7) is 6.53. The smallest absolute Gasteiger partial charge is 0.345 e. The summed E-state index contributed by atoms with van der Waals surface area (Å²) in [7, 11) is 0. The van der Waals surface area contributed by atoms with Crippen molar-refractivity contribution in [3.8, 4) is 0 Å². The molecule has 0 heterocycles. The molecule has 1 aromatic rings. The van der Waals surface area contributed by atoms with Crippen LogP contribution in [-0.4, -0.2) is 66.6 Å². The van der Waals surface area contributed by atoms with Gasteiger partial charge in [-0.3, -0.25) is 14.4 Å². The first kappa shape index (κ1) is 34.9. The van der Waals surface area contributed by atoms with Gasteiger partial charge in [-0.2, -0.15) is 0 Å². The van der Waals surface area contributed by atoms with E-state index in [2.05, 4.69) is 13.8 Å². The van der Waals surface area contributed by atoms with Crippen LogP contribution < -0.4 is 10.6 Å². The number of halogens is 2. The molecule has 3 fully saturated rings. The number of para-hydroxylation sites is 1. The second-order valence-corrected chi connectivity index (χ2v) is 15.0. The normalized spacial score (nSPS) is 32.3. The van der Waals surface area contributed by atoms with Gasteiger partial charge in [0.25, 0.3) is 0 Å². The van der Waals surface area contributed by atoms with E-state index in [1.807, 2.05) is 35.2 Å². The predicted molar refractivity (Wildman–Crippen MR) is 179 cm³/mol. The van der Waals surface area contributed by atoms with Gasteiger partial charge in [-0.15, -0.1) is 23.2 Å². The molecule has 4 aliphatic carbocycles. The van der Waals surface area contributed by atoms with Gasteiger partial charge in [0.15, 0.2) is 23.8 Å². The van der Waals surface area contributed by atoms with E-state index in [9.17, 15) is 19.2 Å². The quantitative estimate of drug-likeness (QED) is 0.219. The SMILES string of the molecule is CC(=O)[C@@]1(OC(=O)COC(=O)C(N)Cc2ccccc2N(CCCl)CCCl)CC[C@H]2[C@@H]3CCC4=CC(=O)CC[C@]4(C)[C@H]3CC[C@@]21C. The summed E-state index contributed by atoms with van der Waals surface area (Å²) in [5.74, 6) is 0.541. The van der Waals surface area contributed by atoms with Gasteiger partial charge in [0, 0.05) is 48.8 Å². The molecule has 0 spiro atoms. The Hall–Kier alpha value is -2.42. The number of carbonyl (C=O) groups is 4. The van der Waals surface area contributed by atoms with Gasteiger partial charge in [-0.25, -0.2) is 4.79 Å². The van der Waals surface area contributed by atoms with Crippen molar-refractivity contribution < 1.29 is 28.7 Å². The lowest BCUT2D eigenvalue weighted by Crippen LogP contribution is -2.59. The van der Waals surface area contributed by atoms with Crippen molar-refractivity contribution in [1.29, 1.82) is 0 Å². The average Bonchev–Trinajstić information content (AvgIpc) is 3.33. The zero-order valence-corrected chi connectivity index (χ0v) is 28.8. The summed E-state index contributed by atoms with van der Waals surface area (Å²) in [6.07, 6.45) is 8.40. The molecule has 5 rings (SSSR count). The first-order valence-electron chi connectivity index (χ1n) is 16.7. The van der Waals surface area contributed by atoms with E-state index in [0.29, 0.717) is 49.5 Å². The van der Waals surface area contributed by atoms with Crippen molar-refractivity contribution in [2.45, 2.75) is 90.2 Å². The van der Waals surface area contributed by atoms with Crippen molar-refractivity contribution in [3.63, 3.8) is 0 Å². The predicted octanol–water partition coefficient (Wildman–Crippen LogP) is 5.79. The van der Waals surface area contributed by atoms with Gasteiger partial charge in [0.2, 0.25) is 0 Å². The molecule has 2 N–H and O–H groups in total. The highest BCUT2D eigenvalue weighted by Crippen LogP contribution is 2.68. The molecule has 0 radical (unpaired) electrons. The summed E-state index contributed by atoms with van der Waals surface area (Å²) in [5, 5.41) is 0. The lowest BCUT2D eigenvalue weighted by Gasteiger charge is -2.59. The molecule has 0 aliphatic heterocycles. The van der Waals surface area contributed by atoms with Gasteiger partial charge in [-0.1, -0.05) is 37.6 Å². The number of fused-ring (bicyclic) bond motifs is 5. The van der Waals surface area contributed by atoms with Crippen LogP contribution in [0.15, 0.2) is 35.9 Å². The van der Waals surface area contributed by atoms with Gasteiger partial charge in [0.1, 0.15) is 6.04 Å². The maximum Gasteiger partial charge on any atom is 0.345 e. The number of Topliss-reactive ketones (excluding diaryl/α,β-unsaturated/α-hetero) is 1. The van der Waals surface area contributed by atoms with Crippen LogP contribution in [0.5, 0.6) is 0 Å². The molecule has 0 aromatic heterocycles. The van der Waals surface area contributed by atoms with Gasteiger partial charge in [-0.05, 0) is 92.7 Å². The number of anilines is 1. The highest BCUT2D eigenvalue weighted by atomic mass is 35.5. The third-order valence-electron chi connectivity index (χ3n) is 12.1. The molecule has 7 atom stereocenters. The Morgan fingerprint density at radius 3 is 2.39 bits per heavy atom. The van der Waals surface area contributed by atoms with E-state index in [-0.39, 0.29) is 29.3 Å². The number of rotatable bonds is 12. The Kier molecular flexibility index (Phi) is 10.6. The topological polar surface area (TPSA) is 116 Å². The average molecular weight is 676 g/mol. The Balaban J connectivity index is 1.24. The van der Waals surface area contributed by atoms with E-state index in [0.717, 1.165) is 49.8 Å². The number of allylic oxidation sites excluding steroid dienone is 1. The molecule has 0 saturated heterocycles. The summed E-state index contributed by atoms with van der Waals surface area (Å²) >= 11 is 12.0. The van der Waals surface area contributed by atoms with Crippen molar-refractivity contribution in [1.82, 2.24) is 0 Å². The molecule has 1 unspecified atom stereocenters. The maximum absolute atomic E-state index is 13.4. The highest BCUT2D eigenvalue weighted by Gasteiger charge is 2.68. The minimum atomic E-state index is -1.26. The zero-order valence-electron chi connectivity index (χ0n) is 27.3. The molecular formula is C36H48Cl2N2O6. The van der Waals surface area contributed by atoms with Crippen molar-refractivity contribution in [2.24, 2.45) is 34.3 Å². The number of hydrogen-bond donors (Lipinski definition) is 1. The minimum Gasteiger partial charge on any atom is -0.453 e. The number of nitrogens with zero attached hydrogens (tertiary/aromatic N) is 1. The highest BCUT2D eigenvalue weighted by molar-refractivity contribution is 6.18. The lowest BCUT2D eigenvalue weighted by molar-refractivity contribution is -0.193. The van der Waals surface area contributed by atoms with Crippen LogP contribution >= 0.6 is 23.2 Å². The number of esters is 2. The monoisotopic (exact) mass is 674 g/mol. The molecule has 3 saturated carbocycles. The number of hydrogen-bond acceptors (Lipinski definition) is 8. The minimum absolute atomic E-state index is 0.0102. The van der Waals surface area contributed by atoms with E-state index in [1.165, 1.54) is 12.5 Å². The zero-order chi connectivity index (χ0) is 33.3. The van der Waals surface area contributed by atoms with Crippen molar-refractivity contribution in [3.05, 3.63) is 41.5 Å². The molecule has 1 aromatic carbocycles. The molecule has 10 heteroatoms. The fraction of sp³-hybridized carbons (Fsp3) is 0.667. The van der Waals surface area contributed by atoms with Crippen LogP contribution in [0, 0.1) is 28.6 Å². The third kappa shape index (κ3) is 6.26. The molecule has 0 bridgehead atoms. The van der Waals surface area contributed by atoms with Crippen LogP contribution in [0.1, 0.15) is 77.7 Å². The fourth-order valence-electron chi connectivity index (χ4n) is 9.71. The van der Waals surface area contributed by atoms with Crippen LogP contribution in [-0.2, 0) is 35.1 Å². The Morgan fingerprint density at radius 2 is 1.70 bits per heavy atom. The number of ketones is 2. The largest absolute Gasteiger partial charge is 0.453 e. The Morgan fingerprint density at radius 1 is 1.00 bits per heavy atom. The number of nitrogens with two attached hydrogens (primary N) is 1. The molecule has 46 heavy (non-hydrogen) atoms. The van der Waals surface area contributed by atoms with E-state index >= 15 is 0 Å². The number of benzene rings is 1. The molecule has 4 aliphatic rings. The summed E-state index contributed by atoms with van der Waals surface area (Å²) in [5.41, 5.74) is 7.52. The Bertz CT molecular complexity index is 1380. The van der Waals surface area contributed by atoms with Crippen LogP contribution in [0.25, 0.3) is 0 Å². The maximum atomic E-state index is 13.4. The second kappa shape index (κ2) is 14.0. The first-order chi connectivity index (χ1) is 21.9. The first-order valence-corrected chi connectivity index (χ1v) is 17.8. The van der Waals surface area contributed by atoms with Gasteiger partial charge < -0.3 is 20.1 Å². The van der Waals surface area contributed by atoms with E-state index < -0.39 is 35.6 Å². The summed E-state index contributed by atoms with van der Waals surface area (Å²) in [4.78, 5) is 53.9. The lowest BCUT2D eigenvalue weighted by atomic mass is 9.46. The van der Waals surface area contributed by atoms with Crippen molar-refractivity contribution >= 4 is 52.4 Å². The third-order valence-corrected chi connectivity index (χ3v) is 12.4. The number of carbonyl (C=O) groups excluding carboxylic acids is 4. The molecule has 252 valence electrons. The van der Waals surface area contributed by atoms with Crippen LogP contribution in [0.4, 0.5) is 5.69 Å². The van der Waals surface area contributed by atoms with Gasteiger partial charge >= 0.3 is 11.9 Å². The van der Waals surface area contributed by atoms with E-state index in [4.69, 9.17) is 38.4 Å². The number of alkyl halides is 2.